The van der Waals surface area contributed by atoms with E-state index in [1.807, 2.05) is 0 Å². The number of hydrogen-bond donors (Lipinski definition) is 0. The van der Waals surface area contributed by atoms with E-state index in [1.165, 1.54) is 71.6 Å². The topological polar surface area (TPSA) is 9.86 Å². The van der Waals surface area contributed by atoms with Gasteiger partial charge in [0.25, 0.3) is 0 Å². The number of nitrogens with zero attached hydrogens (tertiary/aromatic N) is 2. The minimum atomic E-state index is 1.17. The molecule has 8 rings (SSSR count). The highest BCUT2D eigenvalue weighted by Crippen LogP contribution is 2.40. The third kappa shape index (κ3) is 3.28. The Labute approximate surface area is 227 Å². The molecule has 2 nitrogen and oxygen atoms in total. The molecule has 0 aliphatic heterocycles. The lowest BCUT2D eigenvalue weighted by Crippen LogP contribution is -1.94. The number of aryl methyl sites for hydroxylation is 1. The van der Waals surface area contributed by atoms with E-state index in [9.17, 15) is 0 Å². The fraction of sp³-hybridized carbons (Fsp3) is 0.0270. The van der Waals surface area contributed by atoms with Crippen LogP contribution < -0.4 is 0 Å². The molecule has 39 heavy (non-hydrogen) atoms. The summed E-state index contributed by atoms with van der Waals surface area (Å²) in [6, 6.07) is 50.4. The summed E-state index contributed by atoms with van der Waals surface area (Å²) in [5, 5.41) is 5.19. The van der Waals surface area contributed by atoms with Crippen molar-refractivity contribution in [2.75, 3.05) is 0 Å². The number of hydrogen-bond acceptors (Lipinski definition) is 0. The van der Waals surface area contributed by atoms with Crippen LogP contribution in [0, 0.1) is 0 Å². The van der Waals surface area contributed by atoms with Crippen LogP contribution in [0.2, 0.25) is 0 Å². The van der Waals surface area contributed by atoms with Gasteiger partial charge in [-0.2, -0.15) is 0 Å². The number of benzene rings is 6. The number of rotatable bonds is 3. The van der Waals surface area contributed by atoms with Crippen LogP contribution in [0.15, 0.2) is 140 Å². The van der Waals surface area contributed by atoms with Crippen molar-refractivity contribution in [1.29, 1.82) is 0 Å². The zero-order valence-corrected chi connectivity index (χ0v) is 21.7. The summed E-state index contributed by atoms with van der Waals surface area (Å²) in [4.78, 5) is 0. The smallest absolute Gasteiger partial charge is 0.0590 e. The van der Waals surface area contributed by atoms with Crippen LogP contribution in [0.3, 0.4) is 0 Å². The first kappa shape index (κ1) is 22.0. The maximum Gasteiger partial charge on any atom is 0.0590 e. The molecule has 0 N–H and O–H groups in total. The molecule has 6 aromatic carbocycles. The van der Waals surface area contributed by atoms with Gasteiger partial charge in [0.05, 0.1) is 16.6 Å². The van der Waals surface area contributed by atoms with Gasteiger partial charge in [0, 0.05) is 39.8 Å². The van der Waals surface area contributed by atoms with Crippen LogP contribution in [0.25, 0.3) is 71.6 Å². The van der Waals surface area contributed by atoms with Crippen molar-refractivity contribution in [3.63, 3.8) is 0 Å². The molecule has 0 saturated heterocycles. The molecule has 0 aliphatic carbocycles. The summed E-state index contributed by atoms with van der Waals surface area (Å²) in [7, 11) is 2.19. The van der Waals surface area contributed by atoms with Gasteiger partial charge in [0.15, 0.2) is 0 Å². The lowest BCUT2D eigenvalue weighted by Gasteiger charge is -2.11. The van der Waals surface area contributed by atoms with Gasteiger partial charge in [-0.1, -0.05) is 109 Å². The Balaban J connectivity index is 1.34. The predicted octanol–water partition coefficient (Wildman–Crippen LogP) is 9.76. The fourth-order valence-electron chi connectivity index (χ4n) is 6.31. The van der Waals surface area contributed by atoms with Crippen LogP contribution in [0.5, 0.6) is 0 Å². The van der Waals surface area contributed by atoms with Gasteiger partial charge in [-0.15, -0.1) is 0 Å². The summed E-state index contributed by atoms with van der Waals surface area (Å²) in [6.07, 6.45) is 0. The molecular formula is C37H26N2. The van der Waals surface area contributed by atoms with E-state index < -0.39 is 0 Å². The van der Waals surface area contributed by atoms with Crippen LogP contribution in [-0.4, -0.2) is 9.13 Å². The van der Waals surface area contributed by atoms with Gasteiger partial charge < -0.3 is 9.13 Å². The first-order valence-corrected chi connectivity index (χ1v) is 13.4. The Morgan fingerprint density at radius 2 is 1.03 bits per heavy atom. The first-order valence-electron chi connectivity index (χ1n) is 13.4. The molecule has 0 fully saturated rings. The van der Waals surface area contributed by atoms with E-state index >= 15 is 0 Å². The summed E-state index contributed by atoms with van der Waals surface area (Å²) in [6.45, 7) is 0. The number of para-hydroxylation sites is 2. The van der Waals surface area contributed by atoms with Crippen molar-refractivity contribution in [1.82, 2.24) is 9.13 Å². The molecule has 8 aromatic rings. The van der Waals surface area contributed by atoms with Gasteiger partial charge >= 0.3 is 0 Å². The molecular weight excluding hydrogens is 472 g/mol. The van der Waals surface area contributed by atoms with E-state index in [1.54, 1.807) is 0 Å². The highest BCUT2D eigenvalue weighted by Gasteiger charge is 2.18. The third-order valence-electron chi connectivity index (χ3n) is 8.13. The minimum absolute atomic E-state index is 1.17. The van der Waals surface area contributed by atoms with E-state index in [0.29, 0.717) is 0 Å². The fourth-order valence-corrected chi connectivity index (χ4v) is 6.31. The van der Waals surface area contributed by atoms with Gasteiger partial charge in [-0.05, 0) is 52.6 Å². The largest absolute Gasteiger partial charge is 0.343 e. The predicted molar refractivity (Wildman–Crippen MR) is 166 cm³/mol. The van der Waals surface area contributed by atoms with Crippen molar-refractivity contribution >= 4 is 43.6 Å². The molecule has 0 amide bonds. The zero-order valence-electron chi connectivity index (χ0n) is 21.7. The van der Waals surface area contributed by atoms with Gasteiger partial charge in [0.2, 0.25) is 0 Å². The van der Waals surface area contributed by atoms with Crippen LogP contribution in [-0.2, 0) is 7.05 Å². The number of fused-ring (bicyclic) bond motifs is 7. The second-order valence-electron chi connectivity index (χ2n) is 10.3. The minimum Gasteiger partial charge on any atom is -0.343 e. The van der Waals surface area contributed by atoms with E-state index in [2.05, 4.69) is 156 Å². The highest BCUT2D eigenvalue weighted by molar-refractivity contribution is 6.25. The molecule has 0 bridgehead atoms. The quantitative estimate of drug-likeness (QED) is 0.229. The number of aromatic nitrogens is 2. The molecule has 0 radical (unpaired) electrons. The maximum absolute atomic E-state index is 2.42. The van der Waals surface area contributed by atoms with Crippen LogP contribution in [0.4, 0.5) is 0 Å². The lowest BCUT2D eigenvalue weighted by molar-refractivity contribution is 1.02. The van der Waals surface area contributed by atoms with E-state index in [0.717, 1.165) is 0 Å². The van der Waals surface area contributed by atoms with Crippen LogP contribution >= 0.6 is 0 Å². The van der Waals surface area contributed by atoms with Gasteiger partial charge in [-0.3, -0.25) is 0 Å². The summed E-state index contributed by atoms with van der Waals surface area (Å²) in [5.74, 6) is 0. The Morgan fingerprint density at radius 1 is 0.410 bits per heavy atom. The molecule has 2 heterocycles. The molecule has 0 atom stereocenters. The van der Waals surface area contributed by atoms with Crippen molar-refractivity contribution in [2.45, 2.75) is 0 Å². The Morgan fingerprint density at radius 3 is 1.82 bits per heavy atom. The third-order valence-corrected chi connectivity index (χ3v) is 8.13. The van der Waals surface area contributed by atoms with Gasteiger partial charge in [0.1, 0.15) is 0 Å². The Bertz CT molecular complexity index is 2160. The monoisotopic (exact) mass is 498 g/mol. The van der Waals surface area contributed by atoms with Crippen molar-refractivity contribution < 1.29 is 0 Å². The average Bonchev–Trinajstić information content (AvgIpc) is 3.50. The highest BCUT2D eigenvalue weighted by atomic mass is 15.0. The van der Waals surface area contributed by atoms with E-state index in [4.69, 9.17) is 0 Å². The second-order valence-corrected chi connectivity index (χ2v) is 10.3. The summed E-state index contributed by atoms with van der Waals surface area (Å²) >= 11 is 0. The first-order chi connectivity index (χ1) is 19.3. The summed E-state index contributed by atoms with van der Waals surface area (Å²) < 4.78 is 4.78. The van der Waals surface area contributed by atoms with Crippen LogP contribution in [0.1, 0.15) is 0 Å². The molecule has 0 spiro atoms. The van der Waals surface area contributed by atoms with E-state index in [-0.39, 0.29) is 0 Å². The molecule has 0 unspecified atom stereocenters. The lowest BCUT2D eigenvalue weighted by atomic mass is 10.00. The SMILES string of the molecule is Cn1c2ccccc2c2ccc3c(c4ccccc4n3-c3cccc(-c4ccc(-c5ccccc5)cc4)c3)c21. The maximum atomic E-state index is 2.42. The molecule has 0 saturated carbocycles. The molecule has 184 valence electrons. The zero-order chi connectivity index (χ0) is 25.9. The summed E-state index contributed by atoms with van der Waals surface area (Å²) in [5.41, 5.74) is 11.1. The van der Waals surface area contributed by atoms with Crippen molar-refractivity contribution in [2.24, 2.45) is 7.05 Å². The van der Waals surface area contributed by atoms with Crippen molar-refractivity contribution in [3.8, 4) is 27.9 Å². The molecule has 0 aliphatic rings. The van der Waals surface area contributed by atoms with Gasteiger partial charge in [-0.25, -0.2) is 0 Å². The van der Waals surface area contributed by atoms with Crippen molar-refractivity contribution in [3.05, 3.63) is 140 Å². The Hall–Kier alpha value is -5.08. The average molecular weight is 499 g/mol. The normalized spacial score (nSPS) is 11.7. The Kier molecular flexibility index (Phi) is 4.77. The standard InChI is InChI=1S/C37H26N2/c1-38-33-16-7-5-14-30(33)31-22-23-35-36(37(31)38)32-15-6-8-17-34(32)39(35)29-13-9-12-28(24-29)27-20-18-26(19-21-27)25-10-3-2-4-11-25/h2-24H,1H3. The second kappa shape index (κ2) is 8.47. The molecule has 2 aromatic heterocycles. The molecule has 2 heteroatoms.